The fourth-order valence-corrected chi connectivity index (χ4v) is 4.55. The first-order chi connectivity index (χ1) is 14.4. The minimum Gasteiger partial charge on any atom is -0.309 e. The van der Waals surface area contributed by atoms with Crippen molar-refractivity contribution in [3.05, 3.63) is 59.4 Å². The lowest BCUT2D eigenvalue weighted by molar-refractivity contribution is 0.0981. The zero-order chi connectivity index (χ0) is 21.3. The Hall–Kier alpha value is -2.90. The molecule has 2 heterocycles. The number of aromatic nitrogens is 3. The van der Waals surface area contributed by atoms with E-state index in [-0.39, 0.29) is 5.91 Å². The minimum absolute atomic E-state index is 0.166. The lowest BCUT2D eigenvalue weighted by Crippen LogP contribution is -2.34. The van der Waals surface area contributed by atoms with E-state index in [2.05, 4.69) is 40.8 Å². The molecule has 4 rings (SSSR count). The second-order valence-electron chi connectivity index (χ2n) is 7.78. The highest BCUT2D eigenvalue weighted by molar-refractivity contribution is 7.22. The summed E-state index contributed by atoms with van der Waals surface area (Å²) in [7, 11) is 4.07. The Morgan fingerprint density at radius 1 is 1.00 bits per heavy atom. The summed E-state index contributed by atoms with van der Waals surface area (Å²) in [5.74, 6) is -0.166. The van der Waals surface area contributed by atoms with Gasteiger partial charge in [-0.2, -0.15) is 0 Å². The number of fused-ring (bicyclic) bond motifs is 2. The summed E-state index contributed by atoms with van der Waals surface area (Å²) in [5, 5.41) is 0.706. The van der Waals surface area contributed by atoms with Gasteiger partial charge >= 0.3 is 0 Å². The van der Waals surface area contributed by atoms with Crippen molar-refractivity contribution in [2.45, 2.75) is 20.3 Å². The van der Waals surface area contributed by atoms with Gasteiger partial charge in [-0.25, -0.2) is 9.97 Å². The van der Waals surface area contributed by atoms with Gasteiger partial charge in [-0.05, 0) is 70.2 Å². The first-order valence-electron chi connectivity index (χ1n) is 9.98. The number of rotatable bonds is 6. The molecule has 0 fully saturated rings. The Morgan fingerprint density at radius 3 is 2.53 bits per heavy atom. The van der Waals surface area contributed by atoms with Crippen molar-refractivity contribution in [3.8, 4) is 0 Å². The molecule has 0 bridgehead atoms. The zero-order valence-corrected chi connectivity index (χ0v) is 18.5. The van der Waals surface area contributed by atoms with Crippen molar-refractivity contribution in [3.63, 3.8) is 0 Å². The molecule has 0 N–H and O–H groups in total. The molecular weight excluding hydrogens is 394 g/mol. The SMILES string of the molecule is Cc1cc(C)c2sc(N(CCCN(C)C)C(=O)c3cnc4ccccc4n3)nc2c1. The molecule has 2 aromatic heterocycles. The summed E-state index contributed by atoms with van der Waals surface area (Å²) in [5.41, 5.74) is 5.11. The number of thiazole rings is 1. The smallest absolute Gasteiger partial charge is 0.280 e. The number of benzene rings is 2. The van der Waals surface area contributed by atoms with E-state index in [4.69, 9.17) is 4.98 Å². The lowest BCUT2D eigenvalue weighted by Gasteiger charge is -2.20. The third kappa shape index (κ3) is 4.17. The Kier molecular flexibility index (Phi) is 5.74. The van der Waals surface area contributed by atoms with Crippen LogP contribution < -0.4 is 4.90 Å². The monoisotopic (exact) mass is 419 g/mol. The third-order valence-corrected chi connectivity index (χ3v) is 6.17. The number of para-hydroxylation sites is 2. The summed E-state index contributed by atoms with van der Waals surface area (Å²) >= 11 is 1.56. The van der Waals surface area contributed by atoms with Crippen LogP contribution in [0.2, 0.25) is 0 Å². The van der Waals surface area contributed by atoms with Crippen molar-refractivity contribution in [1.29, 1.82) is 0 Å². The van der Waals surface area contributed by atoms with Crippen LogP contribution in [0, 0.1) is 13.8 Å². The zero-order valence-electron chi connectivity index (χ0n) is 17.7. The average molecular weight is 420 g/mol. The highest BCUT2D eigenvalue weighted by Crippen LogP contribution is 2.32. The second kappa shape index (κ2) is 8.45. The molecule has 154 valence electrons. The molecule has 0 atom stereocenters. The molecule has 0 aliphatic rings. The number of nitrogens with zero attached hydrogens (tertiary/aromatic N) is 5. The number of carbonyl (C=O) groups excluding carboxylic acids is 1. The van der Waals surface area contributed by atoms with Gasteiger partial charge in [0.05, 0.1) is 27.4 Å². The quantitative estimate of drug-likeness (QED) is 0.462. The summed E-state index contributed by atoms with van der Waals surface area (Å²) in [6, 6.07) is 11.8. The van der Waals surface area contributed by atoms with Gasteiger partial charge in [0.25, 0.3) is 5.91 Å². The van der Waals surface area contributed by atoms with Gasteiger partial charge in [0, 0.05) is 6.54 Å². The first-order valence-corrected chi connectivity index (χ1v) is 10.8. The van der Waals surface area contributed by atoms with Gasteiger partial charge in [-0.1, -0.05) is 29.5 Å². The maximum Gasteiger partial charge on any atom is 0.280 e. The molecule has 0 aliphatic carbocycles. The Morgan fingerprint density at radius 2 is 1.77 bits per heavy atom. The Balaban J connectivity index is 1.73. The normalized spacial score (nSPS) is 11.5. The van der Waals surface area contributed by atoms with Crippen molar-refractivity contribution in [1.82, 2.24) is 19.9 Å². The van der Waals surface area contributed by atoms with E-state index in [1.807, 2.05) is 38.4 Å². The first kappa shape index (κ1) is 20.4. The van der Waals surface area contributed by atoms with Crippen molar-refractivity contribution >= 4 is 43.6 Å². The molecule has 7 heteroatoms. The Bertz CT molecular complexity index is 1220. The number of aryl methyl sites for hydroxylation is 2. The lowest BCUT2D eigenvalue weighted by atomic mass is 10.1. The van der Waals surface area contributed by atoms with Gasteiger partial charge in [0.2, 0.25) is 0 Å². The van der Waals surface area contributed by atoms with Gasteiger partial charge in [-0.15, -0.1) is 0 Å². The molecule has 0 saturated carbocycles. The van der Waals surface area contributed by atoms with E-state index in [0.29, 0.717) is 22.9 Å². The third-order valence-electron chi connectivity index (χ3n) is 4.94. The summed E-state index contributed by atoms with van der Waals surface area (Å²) in [6.45, 7) is 5.61. The highest BCUT2D eigenvalue weighted by Gasteiger charge is 2.23. The summed E-state index contributed by atoms with van der Waals surface area (Å²) < 4.78 is 1.12. The topological polar surface area (TPSA) is 62.2 Å². The number of anilines is 1. The average Bonchev–Trinajstić information content (AvgIpc) is 3.14. The van der Waals surface area contributed by atoms with Gasteiger partial charge in [-0.3, -0.25) is 14.7 Å². The van der Waals surface area contributed by atoms with Crippen LogP contribution in [0.5, 0.6) is 0 Å². The highest BCUT2D eigenvalue weighted by atomic mass is 32.1. The molecule has 0 aliphatic heterocycles. The standard InChI is InChI=1S/C23H25N5OS/c1-15-12-16(2)21-19(13-15)26-23(30-21)28(11-7-10-27(3)4)22(29)20-14-24-17-8-5-6-9-18(17)25-20/h5-6,8-9,12-14H,7,10-11H2,1-4H3. The number of hydrogen-bond acceptors (Lipinski definition) is 6. The van der Waals surface area contributed by atoms with Crippen LogP contribution in [0.25, 0.3) is 21.3 Å². The second-order valence-corrected chi connectivity index (χ2v) is 8.76. The number of carbonyl (C=O) groups is 1. The Labute approximate surface area is 180 Å². The molecular formula is C23H25N5OS. The van der Waals surface area contributed by atoms with E-state index in [1.165, 1.54) is 11.1 Å². The molecule has 4 aromatic rings. The van der Waals surface area contributed by atoms with Gasteiger partial charge < -0.3 is 4.90 Å². The van der Waals surface area contributed by atoms with Crippen LogP contribution in [0.15, 0.2) is 42.6 Å². The molecule has 6 nitrogen and oxygen atoms in total. The molecule has 1 amide bonds. The maximum atomic E-state index is 13.5. The predicted molar refractivity (Wildman–Crippen MR) is 123 cm³/mol. The van der Waals surface area contributed by atoms with Crippen molar-refractivity contribution in [2.75, 3.05) is 32.1 Å². The van der Waals surface area contributed by atoms with Crippen LogP contribution in [-0.2, 0) is 0 Å². The molecule has 2 aromatic carbocycles. The molecule has 0 spiro atoms. The van der Waals surface area contributed by atoms with Crippen LogP contribution in [0.1, 0.15) is 28.0 Å². The minimum atomic E-state index is -0.166. The van der Waals surface area contributed by atoms with Gasteiger partial charge in [0.15, 0.2) is 5.13 Å². The van der Waals surface area contributed by atoms with Crippen LogP contribution in [-0.4, -0.2) is 52.9 Å². The maximum absolute atomic E-state index is 13.5. The number of hydrogen-bond donors (Lipinski definition) is 0. The van der Waals surface area contributed by atoms with Crippen molar-refractivity contribution < 1.29 is 4.79 Å². The molecule has 30 heavy (non-hydrogen) atoms. The molecule has 0 saturated heterocycles. The van der Waals surface area contributed by atoms with Crippen LogP contribution >= 0.6 is 11.3 Å². The fourth-order valence-electron chi connectivity index (χ4n) is 3.51. The van der Waals surface area contributed by atoms with Gasteiger partial charge in [0.1, 0.15) is 5.69 Å². The number of amides is 1. The predicted octanol–water partition coefficient (Wildman–Crippen LogP) is 4.45. The van der Waals surface area contributed by atoms with Crippen LogP contribution in [0.4, 0.5) is 5.13 Å². The van der Waals surface area contributed by atoms with E-state index < -0.39 is 0 Å². The molecule has 0 radical (unpaired) electrons. The van der Waals surface area contributed by atoms with Crippen molar-refractivity contribution in [2.24, 2.45) is 0 Å². The van der Waals surface area contributed by atoms with E-state index in [9.17, 15) is 4.79 Å². The van der Waals surface area contributed by atoms with Crippen LogP contribution in [0.3, 0.4) is 0 Å². The van der Waals surface area contributed by atoms with E-state index in [1.54, 1.807) is 22.4 Å². The summed E-state index contributed by atoms with van der Waals surface area (Å²) in [4.78, 5) is 31.1. The fraction of sp³-hybridized carbons (Fsp3) is 0.304. The largest absolute Gasteiger partial charge is 0.309 e. The molecule has 0 unspecified atom stereocenters. The summed E-state index contributed by atoms with van der Waals surface area (Å²) in [6.07, 6.45) is 2.40. The van der Waals surface area contributed by atoms with E-state index in [0.717, 1.165) is 28.7 Å². The van der Waals surface area contributed by atoms with E-state index >= 15 is 0 Å².